The monoisotopic (exact) mass is 259 g/mol. The minimum atomic E-state index is -0.389. The first-order valence-corrected chi connectivity index (χ1v) is 5.02. The molecular formula is C9H10BrNO3. The lowest BCUT2D eigenvalue weighted by Gasteiger charge is -2.06. The smallest absolute Gasteiger partial charge is 0.338 e. The number of carbonyl (C=O) groups excluding carboxylic acids is 1. The van der Waals surface area contributed by atoms with Gasteiger partial charge in [0.15, 0.2) is 0 Å². The fraction of sp³-hybridized carbons (Fsp3) is 0.333. The van der Waals surface area contributed by atoms with E-state index in [1.54, 1.807) is 12.3 Å². The van der Waals surface area contributed by atoms with Gasteiger partial charge >= 0.3 is 5.97 Å². The van der Waals surface area contributed by atoms with Crippen LogP contribution >= 0.6 is 15.9 Å². The number of rotatable bonds is 3. The van der Waals surface area contributed by atoms with Gasteiger partial charge in [0.05, 0.1) is 19.8 Å². The molecule has 1 aromatic rings. The second-order valence-corrected chi connectivity index (χ2v) is 3.07. The molecule has 0 spiro atoms. The van der Waals surface area contributed by atoms with Crippen LogP contribution in [0.3, 0.4) is 0 Å². The molecule has 1 aromatic heterocycles. The van der Waals surface area contributed by atoms with Crippen molar-refractivity contribution in [2.24, 2.45) is 0 Å². The van der Waals surface area contributed by atoms with E-state index in [2.05, 4.69) is 25.7 Å². The zero-order valence-corrected chi connectivity index (χ0v) is 9.50. The van der Waals surface area contributed by atoms with E-state index in [0.717, 1.165) is 5.56 Å². The molecule has 0 aliphatic rings. The van der Waals surface area contributed by atoms with Gasteiger partial charge in [0.1, 0.15) is 0 Å². The summed E-state index contributed by atoms with van der Waals surface area (Å²) in [6, 6.07) is 1.56. The summed E-state index contributed by atoms with van der Waals surface area (Å²) in [4.78, 5) is 15.3. The molecule has 0 N–H and O–H groups in total. The van der Waals surface area contributed by atoms with Crippen molar-refractivity contribution in [2.75, 3.05) is 14.2 Å². The van der Waals surface area contributed by atoms with E-state index in [0.29, 0.717) is 16.8 Å². The van der Waals surface area contributed by atoms with Crippen LogP contribution < -0.4 is 4.74 Å². The number of nitrogens with zero attached hydrogens (tertiary/aromatic N) is 1. The minimum absolute atomic E-state index is 0.389. The van der Waals surface area contributed by atoms with Crippen molar-refractivity contribution in [3.63, 3.8) is 0 Å². The Labute approximate surface area is 90.4 Å². The van der Waals surface area contributed by atoms with Gasteiger partial charge in [-0.2, -0.15) is 0 Å². The zero-order chi connectivity index (χ0) is 10.6. The Bertz CT molecular complexity index is 341. The number of aromatic nitrogens is 1. The highest BCUT2D eigenvalue weighted by atomic mass is 79.9. The maximum atomic E-state index is 11.3. The van der Waals surface area contributed by atoms with E-state index in [9.17, 15) is 4.79 Å². The Morgan fingerprint density at radius 3 is 2.79 bits per heavy atom. The molecule has 0 aromatic carbocycles. The lowest BCUT2D eigenvalue weighted by Crippen LogP contribution is -2.06. The van der Waals surface area contributed by atoms with Gasteiger partial charge in [-0.3, -0.25) is 0 Å². The molecular weight excluding hydrogens is 250 g/mol. The highest BCUT2D eigenvalue weighted by Gasteiger charge is 2.12. The van der Waals surface area contributed by atoms with Crippen molar-refractivity contribution >= 4 is 21.9 Å². The van der Waals surface area contributed by atoms with Crippen LogP contribution in [0.25, 0.3) is 0 Å². The average molecular weight is 260 g/mol. The highest BCUT2D eigenvalue weighted by Crippen LogP contribution is 2.17. The summed E-state index contributed by atoms with van der Waals surface area (Å²) in [5.41, 5.74) is 1.24. The second kappa shape index (κ2) is 4.95. The molecule has 1 rings (SSSR count). The fourth-order valence-electron chi connectivity index (χ4n) is 0.983. The van der Waals surface area contributed by atoms with Gasteiger partial charge in [-0.15, -0.1) is 0 Å². The number of carbonyl (C=O) groups is 1. The Hall–Kier alpha value is -1.10. The molecule has 1 heterocycles. The molecule has 5 heteroatoms. The molecule has 0 unspecified atom stereocenters. The number of esters is 1. The second-order valence-electron chi connectivity index (χ2n) is 2.51. The maximum Gasteiger partial charge on any atom is 0.338 e. The van der Waals surface area contributed by atoms with Gasteiger partial charge in [-0.05, 0) is 5.56 Å². The minimum Gasteiger partial charge on any atom is -0.481 e. The third kappa shape index (κ3) is 2.23. The van der Waals surface area contributed by atoms with E-state index in [4.69, 9.17) is 4.74 Å². The maximum absolute atomic E-state index is 11.3. The number of halogens is 1. The summed E-state index contributed by atoms with van der Waals surface area (Å²) in [7, 11) is 2.84. The van der Waals surface area contributed by atoms with Crippen LogP contribution in [-0.4, -0.2) is 25.2 Å². The molecule has 0 aliphatic heterocycles. The van der Waals surface area contributed by atoms with Crippen molar-refractivity contribution in [2.45, 2.75) is 5.33 Å². The number of pyridine rings is 1. The third-order valence-corrected chi connectivity index (χ3v) is 2.32. The van der Waals surface area contributed by atoms with Crippen LogP contribution in [0.15, 0.2) is 12.3 Å². The predicted molar refractivity (Wildman–Crippen MR) is 54.8 cm³/mol. The van der Waals surface area contributed by atoms with Gasteiger partial charge in [0.25, 0.3) is 0 Å². The van der Waals surface area contributed by atoms with Crippen LogP contribution in [0.5, 0.6) is 5.88 Å². The molecule has 14 heavy (non-hydrogen) atoms. The quantitative estimate of drug-likeness (QED) is 0.613. The lowest BCUT2D eigenvalue weighted by atomic mass is 10.1. The number of alkyl halides is 1. The summed E-state index contributed by atoms with van der Waals surface area (Å²) in [5, 5.41) is 0.550. The van der Waals surface area contributed by atoms with Crippen molar-refractivity contribution < 1.29 is 14.3 Å². The summed E-state index contributed by atoms with van der Waals surface area (Å²) >= 11 is 3.26. The summed E-state index contributed by atoms with van der Waals surface area (Å²) in [5.74, 6) is 0.00949. The molecule has 0 atom stereocenters. The highest BCUT2D eigenvalue weighted by molar-refractivity contribution is 9.08. The molecule has 0 radical (unpaired) electrons. The molecule has 0 fully saturated rings. The largest absolute Gasteiger partial charge is 0.481 e. The normalized spacial score (nSPS) is 9.64. The van der Waals surface area contributed by atoms with Crippen molar-refractivity contribution in [1.82, 2.24) is 4.98 Å². The van der Waals surface area contributed by atoms with Gasteiger partial charge < -0.3 is 9.47 Å². The van der Waals surface area contributed by atoms with Crippen LogP contribution in [-0.2, 0) is 10.1 Å². The average Bonchev–Trinajstić information content (AvgIpc) is 2.27. The van der Waals surface area contributed by atoms with Crippen molar-refractivity contribution in [1.29, 1.82) is 0 Å². The summed E-state index contributed by atoms with van der Waals surface area (Å²) in [6.45, 7) is 0. The van der Waals surface area contributed by atoms with Crippen molar-refractivity contribution in [3.05, 3.63) is 23.4 Å². The van der Waals surface area contributed by atoms with E-state index in [1.165, 1.54) is 14.2 Å². The SMILES string of the molecule is COC(=O)c1cc(OC)ncc1CBr. The third-order valence-electron chi connectivity index (χ3n) is 1.72. The fourth-order valence-corrected chi connectivity index (χ4v) is 1.43. The van der Waals surface area contributed by atoms with Gasteiger partial charge in [-0.1, -0.05) is 15.9 Å². The van der Waals surface area contributed by atoms with Crippen LogP contribution in [0.1, 0.15) is 15.9 Å². The van der Waals surface area contributed by atoms with E-state index in [1.807, 2.05) is 0 Å². The summed E-state index contributed by atoms with van der Waals surface area (Å²) < 4.78 is 9.55. The number of hydrogen-bond acceptors (Lipinski definition) is 4. The van der Waals surface area contributed by atoms with Gasteiger partial charge in [0.2, 0.25) is 5.88 Å². The molecule has 0 bridgehead atoms. The van der Waals surface area contributed by atoms with Crippen molar-refractivity contribution in [3.8, 4) is 5.88 Å². The Balaban J connectivity index is 3.14. The molecule has 0 saturated carbocycles. The molecule has 0 aliphatic carbocycles. The Morgan fingerprint density at radius 2 is 2.29 bits per heavy atom. The van der Waals surface area contributed by atoms with Gasteiger partial charge in [-0.25, -0.2) is 9.78 Å². The van der Waals surface area contributed by atoms with E-state index < -0.39 is 0 Å². The topological polar surface area (TPSA) is 48.4 Å². The molecule has 4 nitrogen and oxygen atoms in total. The molecule has 0 amide bonds. The van der Waals surface area contributed by atoms with Crippen LogP contribution in [0.4, 0.5) is 0 Å². The van der Waals surface area contributed by atoms with Gasteiger partial charge in [0, 0.05) is 17.6 Å². The first kappa shape index (κ1) is 11.0. The lowest BCUT2D eigenvalue weighted by molar-refractivity contribution is 0.0599. The number of ether oxygens (including phenoxy) is 2. The first-order valence-electron chi connectivity index (χ1n) is 3.90. The Morgan fingerprint density at radius 1 is 1.57 bits per heavy atom. The van der Waals surface area contributed by atoms with E-state index in [-0.39, 0.29) is 5.97 Å². The zero-order valence-electron chi connectivity index (χ0n) is 7.91. The predicted octanol–water partition coefficient (Wildman–Crippen LogP) is 1.77. The number of hydrogen-bond donors (Lipinski definition) is 0. The van der Waals surface area contributed by atoms with Crippen LogP contribution in [0, 0.1) is 0 Å². The summed E-state index contributed by atoms with van der Waals surface area (Å²) in [6.07, 6.45) is 1.58. The first-order chi connectivity index (χ1) is 6.72. The molecule has 0 saturated heterocycles. The molecule has 76 valence electrons. The standard InChI is InChI=1S/C9H10BrNO3/c1-13-8-3-7(9(12)14-2)6(4-10)5-11-8/h3,5H,4H2,1-2H3. The van der Waals surface area contributed by atoms with Crippen LogP contribution in [0.2, 0.25) is 0 Å². The Kier molecular flexibility index (Phi) is 3.88. The number of methoxy groups -OCH3 is 2. The van der Waals surface area contributed by atoms with E-state index >= 15 is 0 Å².